The van der Waals surface area contributed by atoms with Crippen LogP contribution in [-0.4, -0.2) is 81.5 Å². The molecule has 1 spiro atoms. The molecule has 122 valence electrons. The van der Waals surface area contributed by atoms with Gasteiger partial charge in [0.25, 0.3) is 0 Å². The lowest BCUT2D eigenvalue weighted by Crippen LogP contribution is -2.35. The van der Waals surface area contributed by atoms with Gasteiger partial charge in [-0.2, -0.15) is 4.31 Å². The van der Waals surface area contributed by atoms with Gasteiger partial charge in [-0.3, -0.25) is 0 Å². The summed E-state index contributed by atoms with van der Waals surface area (Å²) < 4.78 is 36.6. The third-order valence-corrected chi connectivity index (χ3v) is 6.13. The molecule has 3 aliphatic rings. The lowest BCUT2D eigenvalue weighted by molar-refractivity contribution is 0.00356. The van der Waals surface area contributed by atoms with E-state index in [0.29, 0.717) is 19.7 Å². The minimum Gasteiger partial charge on any atom is -0.374 e. The number of ether oxygens (including phenoxy) is 2. The molecule has 0 aliphatic carbocycles. The summed E-state index contributed by atoms with van der Waals surface area (Å²) in [5.41, 5.74) is -0.304. The van der Waals surface area contributed by atoms with E-state index in [1.54, 1.807) is 0 Å². The quantitative estimate of drug-likeness (QED) is 0.729. The van der Waals surface area contributed by atoms with Gasteiger partial charge in [-0.25, -0.2) is 8.42 Å². The minimum atomic E-state index is -3.11. The summed E-state index contributed by atoms with van der Waals surface area (Å²) in [4.78, 5) is 2.44. The summed E-state index contributed by atoms with van der Waals surface area (Å²) in [5, 5.41) is 0. The van der Waals surface area contributed by atoms with Crippen molar-refractivity contribution >= 4 is 10.0 Å². The molecule has 3 aliphatic heterocycles. The highest BCUT2D eigenvalue weighted by Gasteiger charge is 2.47. The maximum Gasteiger partial charge on any atom is 0.211 e. The summed E-state index contributed by atoms with van der Waals surface area (Å²) in [5.74, 6) is 0. The van der Waals surface area contributed by atoms with E-state index in [1.807, 2.05) is 0 Å². The number of hydrogen-bond acceptors (Lipinski definition) is 5. The molecule has 3 saturated heterocycles. The van der Waals surface area contributed by atoms with Crippen LogP contribution >= 0.6 is 0 Å². The molecule has 0 unspecified atom stereocenters. The van der Waals surface area contributed by atoms with Crippen LogP contribution in [0.25, 0.3) is 0 Å². The Morgan fingerprint density at radius 3 is 2.71 bits per heavy atom. The van der Waals surface area contributed by atoms with Gasteiger partial charge < -0.3 is 14.4 Å². The lowest BCUT2D eigenvalue weighted by atomic mass is 9.98. The second-order valence-corrected chi connectivity index (χ2v) is 8.57. The fraction of sp³-hybridized carbons (Fsp3) is 1.00. The van der Waals surface area contributed by atoms with E-state index >= 15 is 0 Å². The van der Waals surface area contributed by atoms with E-state index in [9.17, 15) is 8.42 Å². The van der Waals surface area contributed by atoms with E-state index in [0.717, 1.165) is 26.0 Å². The van der Waals surface area contributed by atoms with E-state index in [-0.39, 0.29) is 11.7 Å². The van der Waals surface area contributed by atoms with E-state index in [1.165, 1.54) is 36.5 Å². The largest absolute Gasteiger partial charge is 0.374 e. The molecular formula is C14H26N2O4S. The van der Waals surface area contributed by atoms with Crippen LogP contribution in [0, 0.1) is 0 Å². The minimum absolute atomic E-state index is 0.118. The maximum atomic E-state index is 11.6. The summed E-state index contributed by atoms with van der Waals surface area (Å²) in [6.07, 6.45) is 5.59. The summed E-state index contributed by atoms with van der Waals surface area (Å²) in [6.45, 7) is 5.78. The van der Waals surface area contributed by atoms with Crippen molar-refractivity contribution in [2.45, 2.75) is 37.4 Å². The van der Waals surface area contributed by atoms with Crippen LogP contribution in [-0.2, 0) is 19.5 Å². The Bertz CT molecular complexity index is 464. The van der Waals surface area contributed by atoms with Crippen molar-refractivity contribution in [1.29, 1.82) is 0 Å². The SMILES string of the molecule is CS(=O)(=O)N1CC[C@]2(C[C@@H](OCCN3CCCC3)CO2)C1. The van der Waals surface area contributed by atoms with Crippen LogP contribution < -0.4 is 0 Å². The number of sulfonamides is 1. The predicted molar refractivity (Wildman–Crippen MR) is 79.7 cm³/mol. The van der Waals surface area contributed by atoms with Crippen LogP contribution in [0.4, 0.5) is 0 Å². The molecule has 0 radical (unpaired) electrons. The van der Waals surface area contributed by atoms with Gasteiger partial charge in [0.15, 0.2) is 0 Å². The van der Waals surface area contributed by atoms with Crippen molar-refractivity contribution in [1.82, 2.24) is 9.21 Å². The Labute approximate surface area is 127 Å². The first kappa shape index (κ1) is 15.7. The van der Waals surface area contributed by atoms with Gasteiger partial charge in [0, 0.05) is 26.1 Å². The second kappa shape index (κ2) is 6.12. The van der Waals surface area contributed by atoms with Gasteiger partial charge in [-0.1, -0.05) is 0 Å². The van der Waals surface area contributed by atoms with Crippen molar-refractivity contribution in [3.05, 3.63) is 0 Å². The standard InChI is InChI=1S/C14H26N2O4S/c1-21(17,18)16-7-4-14(12-16)10-13(11-20-14)19-9-8-15-5-2-3-6-15/h13H,2-12H2,1H3/t13-,14+/m1/s1. The number of hydrogen-bond donors (Lipinski definition) is 0. The van der Waals surface area contributed by atoms with Crippen LogP contribution in [0.3, 0.4) is 0 Å². The molecule has 7 heteroatoms. The van der Waals surface area contributed by atoms with E-state index in [4.69, 9.17) is 9.47 Å². The zero-order chi connectivity index (χ0) is 14.9. The third-order valence-electron chi connectivity index (χ3n) is 4.89. The third kappa shape index (κ3) is 3.76. The van der Waals surface area contributed by atoms with Crippen LogP contribution in [0.2, 0.25) is 0 Å². The van der Waals surface area contributed by atoms with E-state index < -0.39 is 10.0 Å². The number of rotatable bonds is 5. The van der Waals surface area contributed by atoms with Gasteiger partial charge in [0.05, 0.1) is 31.2 Å². The maximum absolute atomic E-state index is 11.6. The zero-order valence-electron chi connectivity index (χ0n) is 12.8. The molecule has 6 nitrogen and oxygen atoms in total. The fourth-order valence-corrected chi connectivity index (χ4v) is 4.53. The van der Waals surface area contributed by atoms with Gasteiger partial charge >= 0.3 is 0 Å². The van der Waals surface area contributed by atoms with Gasteiger partial charge in [-0.15, -0.1) is 0 Å². The molecule has 0 aromatic rings. The Balaban J connectivity index is 1.43. The molecule has 0 aromatic carbocycles. The molecule has 0 bridgehead atoms. The van der Waals surface area contributed by atoms with Crippen LogP contribution in [0.1, 0.15) is 25.7 Å². The summed E-state index contributed by atoms with van der Waals surface area (Å²) in [6, 6.07) is 0. The average Bonchev–Trinajstić information content (AvgIpc) is 3.12. The van der Waals surface area contributed by atoms with Crippen LogP contribution in [0.5, 0.6) is 0 Å². The highest BCUT2D eigenvalue weighted by molar-refractivity contribution is 7.88. The smallest absolute Gasteiger partial charge is 0.211 e. The normalized spacial score (nSPS) is 35.2. The molecule has 2 atom stereocenters. The zero-order valence-corrected chi connectivity index (χ0v) is 13.6. The molecule has 0 aromatic heterocycles. The molecule has 3 rings (SSSR count). The van der Waals surface area contributed by atoms with Gasteiger partial charge in [-0.05, 0) is 32.4 Å². The van der Waals surface area contributed by atoms with Crippen LogP contribution in [0.15, 0.2) is 0 Å². The van der Waals surface area contributed by atoms with E-state index in [2.05, 4.69) is 4.90 Å². The second-order valence-electron chi connectivity index (χ2n) is 6.59. The molecular weight excluding hydrogens is 292 g/mol. The molecule has 21 heavy (non-hydrogen) atoms. The highest BCUT2D eigenvalue weighted by atomic mass is 32.2. The fourth-order valence-electron chi connectivity index (χ4n) is 3.64. The molecule has 0 N–H and O–H groups in total. The van der Waals surface area contributed by atoms with Gasteiger partial charge in [0.1, 0.15) is 0 Å². The topological polar surface area (TPSA) is 59.1 Å². The Hall–Kier alpha value is -0.210. The Morgan fingerprint density at radius 1 is 1.29 bits per heavy atom. The molecule has 3 fully saturated rings. The summed E-state index contributed by atoms with van der Waals surface area (Å²) in [7, 11) is -3.11. The Kier molecular flexibility index (Phi) is 4.57. The first-order chi connectivity index (χ1) is 9.97. The highest BCUT2D eigenvalue weighted by Crippen LogP contribution is 2.36. The monoisotopic (exact) mass is 318 g/mol. The first-order valence-electron chi connectivity index (χ1n) is 7.90. The lowest BCUT2D eigenvalue weighted by Gasteiger charge is -2.22. The molecule has 3 heterocycles. The van der Waals surface area contributed by atoms with Crippen molar-refractivity contribution in [3.63, 3.8) is 0 Å². The van der Waals surface area contributed by atoms with Crippen molar-refractivity contribution < 1.29 is 17.9 Å². The Morgan fingerprint density at radius 2 is 2.05 bits per heavy atom. The first-order valence-corrected chi connectivity index (χ1v) is 9.75. The summed E-state index contributed by atoms with van der Waals surface area (Å²) >= 11 is 0. The van der Waals surface area contributed by atoms with Crippen molar-refractivity contribution in [3.8, 4) is 0 Å². The average molecular weight is 318 g/mol. The number of likely N-dealkylation sites (tertiary alicyclic amines) is 1. The molecule has 0 amide bonds. The molecule has 0 saturated carbocycles. The van der Waals surface area contributed by atoms with Crippen molar-refractivity contribution in [2.75, 3.05) is 52.2 Å². The van der Waals surface area contributed by atoms with Crippen molar-refractivity contribution in [2.24, 2.45) is 0 Å². The van der Waals surface area contributed by atoms with Gasteiger partial charge in [0.2, 0.25) is 10.0 Å². The number of nitrogens with zero attached hydrogens (tertiary/aromatic N) is 2. The predicted octanol–water partition coefficient (Wildman–Crippen LogP) is 0.292.